The summed E-state index contributed by atoms with van der Waals surface area (Å²) in [5.41, 5.74) is 4.71. The lowest BCUT2D eigenvalue weighted by molar-refractivity contribution is 0.204. The number of alkyl halides is 1. The van der Waals surface area contributed by atoms with Crippen LogP contribution in [0.25, 0.3) is 0 Å². The Hall–Kier alpha value is -0.340. The van der Waals surface area contributed by atoms with Crippen LogP contribution in [0.4, 0.5) is 0 Å². The van der Waals surface area contributed by atoms with Crippen LogP contribution in [-0.4, -0.2) is 10.4 Å². The highest BCUT2D eigenvalue weighted by Crippen LogP contribution is 2.22. The van der Waals surface area contributed by atoms with Crippen molar-refractivity contribution in [2.24, 2.45) is 0 Å². The summed E-state index contributed by atoms with van der Waals surface area (Å²) in [5, 5.41) is 10.3. The highest BCUT2D eigenvalue weighted by Gasteiger charge is 2.09. The number of aliphatic hydroxyl groups excluding tert-OH is 1. The van der Waals surface area contributed by atoms with Gasteiger partial charge in [-0.05, 0) is 43.0 Å². The van der Waals surface area contributed by atoms with Gasteiger partial charge in [-0.3, -0.25) is 0 Å². The van der Waals surface area contributed by atoms with Crippen molar-refractivity contribution in [1.29, 1.82) is 0 Å². The van der Waals surface area contributed by atoms with Crippen LogP contribution in [-0.2, 0) is 0 Å². The lowest BCUT2D eigenvalue weighted by Crippen LogP contribution is -2.02. The largest absolute Gasteiger partial charge is 0.388 e. The molecule has 2 heteroatoms. The van der Waals surface area contributed by atoms with E-state index in [1.807, 2.05) is 6.92 Å². The van der Waals surface area contributed by atoms with E-state index in [0.717, 1.165) is 11.1 Å². The number of benzene rings is 1. The molecule has 0 saturated carbocycles. The lowest BCUT2D eigenvalue weighted by atomic mass is 9.98. The fourth-order valence-corrected chi connectivity index (χ4v) is 1.77. The van der Waals surface area contributed by atoms with Crippen LogP contribution in [0.15, 0.2) is 12.1 Å². The first-order chi connectivity index (χ1) is 6.06. The summed E-state index contributed by atoms with van der Waals surface area (Å²) in [6.07, 6.45) is -0.390. The Labute approximate surface area is 87.9 Å². The van der Waals surface area contributed by atoms with Crippen LogP contribution in [0.1, 0.15) is 28.4 Å². The van der Waals surface area contributed by atoms with E-state index in [-0.39, 0.29) is 6.10 Å². The summed E-state index contributed by atoms with van der Waals surface area (Å²) < 4.78 is 0. The Bertz CT molecular complexity index is 307. The predicted molar refractivity (Wildman–Crippen MR) is 59.4 cm³/mol. The molecule has 0 aliphatic rings. The highest BCUT2D eigenvalue weighted by molar-refractivity contribution is 9.09. The molecule has 0 bridgehead atoms. The van der Waals surface area contributed by atoms with Gasteiger partial charge in [0, 0.05) is 5.33 Å². The molecule has 1 aromatic carbocycles. The van der Waals surface area contributed by atoms with Crippen molar-refractivity contribution >= 4 is 15.9 Å². The third kappa shape index (κ3) is 2.32. The molecular weight excluding hydrogens is 228 g/mol. The van der Waals surface area contributed by atoms with Gasteiger partial charge in [0.05, 0.1) is 6.10 Å². The number of rotatable bonds is 2. The van der Waals surface area contributed by atoms with Gasteiger partial charge in [-0.1, -0.05) is 28.1 Å². The second-order valence-corrected chi connectivity index (χ2v) is 4.11. The van der Waals surface area contributed by atoms with Crippen molar-refractivity contribution in [3.8, 4) is 0 Å². The van der Waals surface area contributed by atoms with Crippen LogP contribution in [0.2, 0.25) is 0 Å². The molecular formula is C11H15BrO. The van der Waals surface area contributed by atoms with Crippen LogP contribution in [0.3, 0.4) is 0 Å². The van der Waals surface area contributed by atoms with E-state index in [4.69, 9.17) is 0 Å². The number of hydrogen-bond acceptors (Lipinski definition) is 1. The number of hydrogen-bond donors (Lipinski definition) is 1. The molecule has 1 nitrogen and oxygen atoms in total. The van der Waals surface area contributed by atoms with Gasteiger partial charge in [-0.25, -0.2) is 0 Å². The molecule has 0 heterocycles. The minimum Gasteiger partial charge on any atom is -0.388 e. The zero-order chi connectivity index (χ0) is 10.0. The smallest absolute Gasteiger partial charge is 0.0889 e. The standard InChI is InChI=1S/C11H15BrO/c1-7-4-9(3)10(5-8(7)2)11(13)6-12/h4-5,11,13H,6H2,1-3H3. The van der Waals surface area contributed by atoms with E-state index in [2.05, 4.69) is 41.9 Å². The van der Waals surface area contributed by atoms with Crippen molar-refractivity contribution < 1.29 is 5.11 Å². The molecule has 1 atom stereocenters. The van der Waals surface area contributed by atoms with Gasteiger partial charge < -0.3 is 5.11 Å². The molecule has 1 N–H and O–H groups in total. The minimum absolute atomic E-state index is 0.390. The van der Waals surface area contributed by atoms with Gasteiger partial charge in [-0.15, -0.1) is 0 Å². The molecule has 0 spiro atoms. The van der Waals surface area contributed by atoms with E-state index in [1.54, 1.807) is 0 Å². The number of halogens is 1. The molecule has 1 rings (SSSR count). The van der Waals surface area contributed by atoms with Crippen molar-refractivity contribution in [3.05, 3.63) is 34.4 Å². The second kappa shape index (κ2) is 4.25. The first-order valence-corrected chi connectivity index (χ1v) is 5.50. The van der Waals surface area contributed by atoms with Gasteiger partial charge >= 0.3 is 0 Å². The Morgan fingerprint density at radius 1 is 1.15 bits per heavy atom. The van der Waals surface area contributed by atoms with Gasteiger partial charge in [0.15, 0.2) is 0 Å². The van der Waals surface area contributed by atoms with Crippen LogP contribution in [0, 0.1) is 20.8 Å². The lowest BCUT2D eigenvalue weighted by Gasteiger charge is -2.13. The Morgan fingerprint density at radius 2 is 1.69 bits per heavy atom. The first kappa shape index (κ1) is 10.7. The van der Waals surface area contributed by atoms with Gasteiger partial charge in [0.1, 0.15) is 0 Å². The maximum atomic E-state index is 9.68. The second-order valence-electron chi connectivity index (χ2n) is 3.46. The summed E-state index contributed by atoms with van der Waals surface area (Å²) in [4.78, 5) is 0. The number of aryl methyl sites for hydroxylation is 3. The quantitative estimate of drug-likeness (QED) is 0.791. The van der Waals surface area contributed by atoms with Crippen LogP contribution in [0.5, 0.6) is 0 Å². The van der Waals surface area contributed by atoms with Crippen molar-refractivity contribution in [2.75, 3.05) is 5.33 Å². The zero-order valence-corrected chi connectivity index (χ0v) is 9.85. The Kier molecular flexibility index (Phi) is 3.51. The molecule has 0 aliphatic carbocycles. The summed E-state index contributed by atoms with van der Waals surface area (Å²) in [6.45, 7) is 6.19. The van der Waals surface area contributed by atoms with Crippen molar-refractivity contribution in [2.45, 2.75) is 26.9 Å². The van der Waals surface area contributed by atoms with Gasteiger partial charge in [-0.2, -0.15) is 0 Å². The Balaban J connectivity index is 3.15. The third-order valence-electron chi connectivity index (χ3n) is 2.39. The summed E-state index contributed by atoms with van der Waals surface area (Å²) in [6, 6.07) is 4.19. The molecule has 0 amide bonds. The van der Waals surface area contributed by atoms with Crippen molar-refractivity contribution in [1.82, 2.24) is 0 Å². The first-order valence-electron chi connectivity index (χ1n) is 4.38. The average Bonchev–Trinajstić information content (AvgIpc) is 2.10. The molecule has 0 aliphatic heterocycles. The normalized spacial score (nSPS) is 13.0. The zero-order valence-electron chi connectivity index (χ0n) is 8.26. The van der Waals surface area contributed by atoms with E-state index in [1.165, 1.54) is 11.1 Å². The maximum Gasteiger partial charge on any atom is 0.0889 e. The molecule has 13 heavy (non-hydrogen) atoms. The molecule has 72 valence electrons. The fraction of sp³-hybridized carbons (Fsp3) is 0.455. The molecule has 0 fully saturated rings. The SMILES string of the molecule is Cc1cc(C)c(C(O)CBr)cc1C. The summed E-state index contributed by atoms with van der Waals surface area (Å²) in [5.74, 6) is 0. The molecule has 0 aromatic heterocycles. The van der Waals surface area contributed by atoms with Gasteiger partial charge in [0.2, 0.25) is 0 Å². The van der Waals surface area contributed by atoms with E-state index >= 15 is 0 Å². The van der Waals surface area contributed by atoms with Crippen molar-refractivity contribution in [3.63, 3.8) is 0 Å². The predicted octanol–water partition coefficient (Wildman–Crippen LogP) is 3.04. The molecule has 1 unspecified atom stereocenters. The van der Waals surface area contributed by atoms with E-state index in [0.29, 0.717) is 5.33 Å². The van der Waals surface area contributed by atoms with Crippen LogP contribution < -0.4 is 0 Å². The monoisotopic (exact) mass is 242 g/mol. The highest BCUT2D eigenvalue weighted by atomic mass is 79.9. The molecule has 0 saturated heterocycles. The molecule has 0 radical (unpaired) electrons. The van der Waals surface area contributed by atoms with E-state index in [9.17, 15) is 5.11 Å². The maximum absolute atomic E-state index is 9.68. The minimum atomic E-state index is -0.390. The Morgan fingerprint density at radius 3 is 2.23 bits per heavy atom. The average molecular weight is 243 g/mol. The fourth-order valence-electron chi connectivity index (χ4n) is 1.42. The van der Waals surface area contributed by atoms with E-state index < -0.39 is 0 Å². The number of aliphatic hydroxyl groups is 1. The van der Waals surface area contributed by atoms with Gasteiger partial charge in [0.25, 0.3) is 0 Å². The third-order valence-corrected chi connectivity index (χ3v) is 3.00. The summed E-state index contributed by atoms with van der Waals surface area (Å²) >= 11 is 3.28. The topological polar surface area (TPSA) is 20.2 Å². The molecule has 1 aromatic rings. The summed E-state index contributed by atoms with van der Waals surface area (Å²) in [7, 11) is 0. The van der Waals surface area contributed by atoms with Crippen LogP contribution >= 0.6 is 15.9 Å².